The third kappa shape index (κ3) is 2.65. The summed E-state index contributed by atoms with van der Waals surface area (Å²) >= 11 is 8.55. The van der Waals surface area contributed by atoms with Crippen molar-refractivity contribution in [2.24, 2.45) is 7.05 Å². The molecule has 0 unspecified atom stereocenters. The second-order valence-electron chi connectivity index (χ2n) is 4.48. The molecule has 3 nitrogen and oxygen atoms in total. The van der Waals surface area contributed by atoms with Crippen molar-refractivity contribution in [2.75, 3.05) is 5.73 Å². The van der Waals surface area contributed by atoms with Crippen LogP contribution in [0.1, 0.15) is 0 Å². The Labute approximate surface area is 141 Å². The fraction of sp³-hybridized carbons (Fsp3) is 0.0714. The van der Waals surface area contributed by atoms with Gasteiger partial charge in [-0.25, -0.2) is 4.39 Å². The molecule has 0 saturated carbocycles. The molecule has 0 atom stereocenters. The number of hydrogen-bond acceptors (Lipinski definition) is 3. The number of aromatic nitrogens is 2. The second kappa shape index (κ2) is 5.55. The van der Waals surface area contributed by atoms with Crippen molar-refractivity contribution in [3.05, 3.63) is 43.7 Å². The third-order valence-corrected chi connectivity index (χ3v) is 5.46. The molecule has 0 spiro atoms. The van der Waals surface area contributed by atoms with Crippen LogP contribution in [-0.2, 0) is 7.05 Å². The highest BCUT2D eigenvalue weighted by Gasteiger charge is 2.21. The van der Waals surface area contributed by atoms with Crippen LogP contribution < -0.4 is 5.73 Å². The Kier molecular flexibility index (Phi) is 3.90. The fourth-order valence-electron chi connectivity index (χ4n) is 2.16. The predicted octanol–water partition coefficient (Wildman–Crippen LogP) is 5.06. The minimum atomic E-state index is -0.299. The Morgan fingerprint density at radius 2 is 2.05 bits per heavy atom. The van der Waals surface area contributed by atoms with Gasteiger partial charge >= 0.3 is 0 Å². The summed E-state index contributed by atoms with van der Waals surface area (Å²) in [5.74, 6) is 0.206. The standard InChI is InChI=1S/C14H10Br2FN3S/c1-20-14(18)11(7-3-2-4-8(17)5-7)12(19-20)9-6-10(15)21-13(9)16/h2-6H,18H2,1H3. The summed E-state index contributed by atoms with van der Waals surface area (Å²) in [6.07, 6.45) is 0. The van der Waals surface area contributed by atoms with E-state index < -0.39 is 0 Å². The quantitative estimate of drug-likeness (QED) is 0.617. The molecule has 21 heavy (non-hydrogen) atoms. The maximum Gasteiger partial charge on any atom is 0.129 e. The molecule has 0 aliphatic carbocycles. The molecule has 0 fully saturated rings. The van der Waals surface area contributed by atoms with Gasteiger partial charge in [-0.2, -0.15) is 5.10 Å². The lowest BCUT2D eigenvalue weighted by Crippen LogP contribution is -1.98. The molecule has 0 aliphatic rings. The van der Waals surface area contributed by atoms with Gasteiger partial charge in [0.1, 0.15) is 17.3 Å². The largest absolute Gasteiger partial charge is 0.383 e. The van der Waals surface area contributed by atoms with E-state index in [9.17, 15) is 4.39 Å². The zero-order chi connectivity index (χ0) is 15.1. The van der Waals surface area contributed by atoms with Crippen LogP contribution in [0.25, 0.3) is 22.4 Å². The molecule has 0 bridgehead atoms. The molecule has 108 valence electrons. The number of rotatable bonds is 2. The molecule has 3 aromatic rings. The van der Waals surface area contributed by atoms with Gasteiger partial charge < -0.3 is 5.73 Å². The number of benzene rings is 1. The second-order valence-corrected chi connectivity index (χ2v) is 8.23. The highest BCUT2D eigenvalue weighted by molar-refractivity contribution is 9.12. The van der Waals surface area contributed by atoms with Gasteiger partial charge in [-0.3, -0.25) is 4.68 Å². The molecule has 0 saturated heterocycles. The van der Waals surface area contributed by atoms with E-state index in [0.29, 0.717) is 11.4 Å². The normalized spacial score (nSPS) is 11.0. The summed E-state index contributed by atoms with van der Waals surface area (Å²) in [6, 6.07) is 8.34. The summed E-state index contributed by atoms with van der Waals surface area (Å²) in [4.78, 5) is 0. The van der Waals surface area contributed by atoms with Gasteiger partial charge in [0.05, 0.1) is 13.1 Å². The number of anilines is 1. The lowest BCUT2D eigenvalue weighted by atomic mass is 10.0. The molecule has 2 N–H and O–H groups in total. The number of aryl methyl sites for hydroxylation is 1. The van der Waals surface area contributed by atoms with E-state index in [-0.39, 0.29) is 5.82 Å². The number of nitrogens with zero attached hydrogens (tertiary/aromatic N) is 2. The summed E-state index contributed by atoms with van der Waals surface area (Å²) < 4.78 is 17.1. The van der Waals surface area contributed by atoms with Crippen molar-refractivity contribution >= 4 is 49.0 Å². The lowest BCUT2D eigenvalue weighted by molar-refractivity contribution is 0.628. The maximum absolute atomic E-state index is 13.5. The van der Waals surface area contributed by atoms with Crippen molar-refractivity contribution < 1.29 is 4.39 Å². The van der Waals surface area contributed by atoms with Gasteiger partial charge in [-0.15, -0.1) is 11.3 Å². The summed E-state index contributed by atoms with van der Waals surface area (Å²) in [6.45, 7) is 0. The Morgan fingerprint density at radius 1 is 1.29 bits per heavy atom. The van der Waals surface area contributed by atoms with E-state index in [0.717, 1.165) is 24.4 Å². The molecule has 0 radical (unpaired) electrons. The van der Waals surface area contributed by atoms with Crippen molar-refractivity contribution in [3.8, 4) is 22.4 Å². The predicted molar refractivity (Wildman–Crippen MR) is 91.7 cm³/mol. The molecular formula is C14H10Br2FN3S. The molecule has 1 aromatic carbocycles. The fourth-order valence-corrected chi connectivity index (χ4v) is 4.96. The van der Waals surface area contributed by atoms with Gasteiger partial charge in [0, 0.05) is 12.6 Å². The van der Waals surface area contributed by atoms with Crippen molar-refractivity contribution in [1.82, 2.24) is 9.78 Å². The SMILES string of the molecule is Cn1nc(-c2cc(Br)sc2Br)c(-c2cccc(F)c2)c1N. The van der Waals surface area contributed by atoms with Crippen molar-refractivity contribution in [2.45, 2.75) is 0 Å². The van der Waals surface area contributed by atoms with Crippen LogP contribution in [0.15, 0.2) is 37.9 Å². The van der Waals surface area contributed by atoms with Gasteiger partial charge in [0.2, 0.25) is 0 Å². The topological polar surface area (TPSA) is 43.8 Å². The Bertz CT molecular complexity index is 826. The number of nitrogen functional groups attached to an aromatic ring is 1. The molecule has 2 aromatic heterocycles. The summed E-state index contributed by atoms with van der Waals surface area (Å²) in [7, 11) is 1.77. The van der Waals surface area contributed by atoms with Crippen molar-refractivity contribution in [3.63, 3.8) is 0 Å². The van der Waals surface area contributed by atoms with Crippen LogP contribution in [0.2, 0.25) is 0 Å². The Morgan fingerprint density at radius 3 is 2.67 bits per heavy atom. The van der Waals surface area contributed by atoms with E-state index in [1.807, 2.05) is 12.1 Å². The molecule has 0 amide bonds. The van der Waals surface area contributed by atoms with Gasteiger partial charge in [0.25, 0.3) is 0 Å². The van der Waals surface area contributed by atoms with E-state index in [1.165, 1.54) is 12.1 Å². The molecule has 7 heteroatoms. The summed E-state index contributed by atoms with van der Waals surface area (Å²) in [5.41, 5.74) is 9.25. The highest BCUT2D eigenvalue weighted by atomic mass is 79.9. The van der Waals surface area contributed by atoms with Crippen LogP contribution in [0.4, 0.5) is 10.2 Å². The highest BCUT2D eigenvalue weighted by Crippen LogP contribution is 2.43. The summed E-state index contributed by atoms with van der Waals surface area (Å²) in [5, 5.41) is 4.49. The monoisotopic (exact) mass is 429 g/mol. The number of hydrogen-bond donors (Lipinski definition) is 1. The zero-order valence-corrected chi connectivity index (χ0v) is 14.9. The van der Waals surface area contributed by atoms with Crippen LogP contribution in [0, 0.1) is 5.82 Å². The molecule has 3 rings (SSSR count). The van der Waals surface area contributed by atoms with Crippen LogP contribution in [0.5, 0.6) is 0 Å². The maximum atomic E-state index is 13.5. The first-order valence-corrected chi connectivity index (χ1v) is 8.41. The lowest BCUT2D eigenvalue weighted by Gasteiger charge is -2.04. The van der Waals surface area contributed by atoms with Gasteiger partial charge in [-0.05, 0) is 55.6 Å². The smallest absolute Gasteiger partial charge is 0.129 e. The average Bonchev–Trinajstić information content (AvgIpc) is 2.90. The van der Waals surface area contributed by atoms with Gasteiger partial charge in [-0.1, -0.05) is 12.1 Å². The van der Waals surface area contributed by atoms with Gasteiger partial charge in [0.15, 0.2) is 0 Å². The van der Waals surface area contributed by atoms with E-state index in [2.05, 4.69) is 37.0 Å². The Hall–Kier alpha value is -1.18. The zero-order valence-electron chi connectivity index (χ0n) is 10.9. The minimum Gasteiger partial charge on any atom is -0.383 e. The number of nitrogens with two attached hydrogens (primary N) is 1. The van der Waals surface area contributed by atoms with E-state index in [4.69, 9.17) is 5.73 Å². The molecule has 0 aliphatic heterocycles. The third-order valence-electron chi connectivity index (χ3n) is 3.12. The first kappa shape index (κ1) is 14.7. The number of halogens is 3. The molecule has 2 heterocycles. The minimum absolute atomic E-state index is 0.299. The van der Waals surface area contributed by atoms with Crippen molar-refractivity contribution in [1.29, 1.82) is 0 Å². The Balaban J connectivity index is 2.28. The average molecular weight is 431 g/mol. The van der Waals surface area contributed by atoms with Crippen LogP contribution in [-0.4, -0.2) is 9.78 Å². The molecular weight excluding hydrogens is 421 g/mol. The first-order valence-electron chi connectivity index (χ1n) is 6.01. The van der Waals surface area contributed by atoms with E-state index >= 15 is 0 Å². The van der Waals surface area contributed by atoms with Crippen LogP contribution in [0.3, 0.4) is 0 Å². The van der Waals surface area contributed by atoms with E-state index in [1.54, 1.807) is 29.1 Å². The van der Waals surface area contributed by atoms with Crippen LogP contribution >= 0.6 is 43.2 Å². The first-order chi connectivity index (χ1) is 9.97. The number of thiophene rings is 1.